The standard InChI is InChI=1S/C15H21N3O5S2/c1-22-13-3-2-11(17-15(19)12-9-24-10-16-12)8-14(13)25(20,21)18-4-6-23-7-5-18/h2-3,8,12,16H,4-7,9-10H2,1H3,(H,17,19). The van der Waals surface area contributed by atoms with Crippen LogP contribution in [0.1, 0.15) is 0 Å². The molecule has 2 saturated heterocycles. The first-order valence-corrected chi connectivity index (χ1v) is 10.5. The molecule has 25 heavy (non-hydrogen) atoms. The molecule has 0 aromatic heterocycles. The lowest BCUT2D eigenvalue weighted by atomic mass is 10.2. The molecule has 0 aliphatic carbocycles. The van der Waals surface area contributed by atoms with E-state index in [1.807, 2.05) is 0 Å². The third-order valence-corrected chi connectivity index (χ3v) is 6.91. The van der Waals surface area contributed by atoms with Crippen LogP contribution in [0.5, 0.6) is 5.75 Å². The highest BCUT2D eigenvalue weighted by Gasteiger charge is 2.30. The number of benzene rings is 1. The van der Waals surface area contributed by atoms with Gasteiger partial charge < -0.3 is 14.8 Å². The molecule has 1 aromatic rings. The summed E-state index contributed by atoms with van der Waals surface area (Å²) in [4.78, 5) is 12.3. The van der Waals surface area contributed by atoms with Gasteiger partial charge in [-0.1, -0.05) is 0 Å². The molecule has 138 valence electrons. The van der Waals surface area contributed by atoms with Crippen LogP contribution in [0, 0.1) is 0 Å². The van der Waals surface area contributed by atoms with Gasteiger partial charge in [-0.2, -0.15) is 4.31 Å². The third kappa shape index (κ3) is 4.09. The average Bonchev–Trinajstić information content (AvgIpc) is 3.17. The van der Waals surface area contributed by atoms with Gasteiger partial charge in [0.05, 0.1) is 26.4 Å². The highest BCUT2D eigenvalue weighted by atomic mass is 32.2. The molecule has 3 rings (SSSR count). The minimum Gasteiger partial charge on any atom is -0.495 e. The first-order valence-electron chi connectivity index (χ1n) is 7.90. The van der Waals surface area contributed by atoms with Gasteiger partial charge in [0.2, 0.25) is 15.9 Å². The summed E-state index contributed by atoms with van der Waals surface area (Å²) in [5, 5.41) is 5.85. The fourth-order valence-corrected chi connectivity index (χ4v) is 5.21. The van der Waals surface area contributed by atoms with Crippen LogP contribution >= 0.6 is 11.8 Å². The Morgan fingerprint density at radius 1 is 1.40 bits per heavy atom. The summed E-state index contributed by atoms with van der Waals surface area (Å²) < 4.78 is 37.7. The smallest absolute Gasteiger partial charge is 0.246 e. The number of carbonyl (C=O) groups excluding carboxylic acids is 1. The van der Waals surface area contributed by atoms with Crippen molar-refractivity contribution in [1.82, 2.24) is 9.62 Å². The topological polar surface area (TPSA) is 97.0 Å². The number of carbonyl (C=O) groups is 1. The van der Waals surface area contributed by atoms with Crippen LogP contribution in [-0.2, 0) is 19.6 Å². The van der Waals surface area contributed by atoms with Gasteiger partial charge in [-0.15, -0.1) is 11.8 Å². The summed E-state index contributed by atoms with van der Waals surface area (Å²) in [6.45, 7) is 1.32. The first kappa shape index (κ1) is 18.5. The minimum absolute atomic E-state index is 0.0449. The van der Waals surface area contributed by atoms with E-state index in [9.17, 15) is 13.2 Å². The van der Waals surface area contributed by atoms with E-state index in [0.29, 0.717) is 37.7 Å². The van der Waals surface area contributed by atoms with Crippen molar-refractivity contribution in [2.24, 2.45) is 0 Å². The highest BCUT2D eigenvalue weighted by Crippen LogP contribution is 2.30. The van der Waals surface area contributed by atoms with E-state index in [0.717, 1.165) is 5.88 Å². The monoisotopic (exact) mass is 387 g/mol. The molecule has 0 saturated carbocycles. The molecule has 8 nitrogen and oxygen atoms in total. The van der Waals surface area contributed by atoms with Gasteiger partial charge in [0.25, 0.3) is 0 Å². The number of hydrogen-bond donors (Lipinski definition) is 2. The molecule has 2 aliphatic rings. The maximum absolute atomic E-state index is 12.9. The Balaban J connectivity index is 1.85. The molecule has 2 aliphatic heterocycles. The highest BCUT2D eigenvalue weighted by molar-refractivity contribution is 7.99. The van der Waals surface area contributed by atoms with Crippen molar-refractivity contribution in [3.63, 3.8) is 0 Å². The normalized spacial score (nSPS) is 21.9. The number of nitrogens with one attached hydrogen (secondary N) is 2. The molecule has 1 atom stereocenters. The zero-order valence-corrected chi connectivity index (χ0v) is 15.5. The predicted octanol–water partition coefficient (Wildman–Crippen LogP) is 0.317. The van der Waals surface area contributed by atoms with Gasteiger partial charge in [-0.3, -0.25) is 10.1 Å². The molecule has 1 amide bonds. The Kier molecular flexibility index (Phi) is 5.85. The van der Waals surface area contributed by atoms with Gasteiger partial charge in [-0.05, 0) is 18.2 Å². The molecule has 0 bridgehead atoms. The molecule has 2 heterocycles. The van der Waals surface area contributed by atoms with E-state index in [1.165, 1.54) is 17.5 Å². The van der Waals surface area contributed by atoms with Crippen LogP contribution in [0.4, 0.5) is 5.69 Å². The quantitative estimate of drug-likeness (QED) is 0.751. The van der Waals surface area contributed by atoms with Crippen molar-refractivity contribution in [3.8, 4) is 5.75 Å². The first-order chi connectivity index (χ1) is 12.0. The molecule has 1 unspecified atom stereocenters. The van der Waals surface area contributed by atoms with Crippen molar-refractivity contribution in [2.45, 2.75) is 10.9 Å². The molecular weight excluding hydrogens is 366 g/mol. The number of sulfonamides is 1. The zero-order chi connectivity index (χ0) is 17.9. The number of rotatable bonds is 5. The number of amides is 1. The summed E-state index contributed by atoms with van der Waals surface area (Å²) in [6.07, 6.45) is 0. The molecule has 2 fully saturated rings. The van der Waals surface area contributed by atoms with Crippen LogP contribution in [0.2, 0.25) is 0 Å². The summed E-state index contributed by atoms with van der Waals surface area (Å²) in [5.74, 6) is 1.50. The number of anilines is 1. The lowest BCUT2D eigenvalue weighted by molar-refractivity contribution is -0.117. The van der Waals surface area contributed by atoms with Gasteiger partial charge in [-0.25, -0.2) is 8.42 Å². The zero-order valence-electron chi connectivity index (χ0n) is 13.9. The van der Waals surface area contributed by atoms with E-state index in [1.54, 1.807) is 23.9 Å². The number of ether oxygens (including phenoxy) is 2. The van der Waals surface area contributed by atoms with Crippen molar-refractivity contribution in [1.29, 1.82) is 0 Å². The van der Waals surface area contributed by atoms with Crippen LogP contribution in [0.3, 0.4) is 0 Å². The van der Waals surface area contributed by atoms with Crippen molar-refractivity contribution < 1.29 is 22.7 Å². The summed E-state index contributed by atoms with van der Waals surface area (Å²) >= 11 is 1.65. The number of morpholine rings is 1. The Hall–Kier alpha value is -1.33. The molecule has 2 N–H and O–H groups in total. The number of hydrogen-bond acceptors (Lipinski definition) is 7. The Morgan fingerprint density at radius 2 is 2.16 bits per heavy atom. The van der Waals surface area contributed by atoms with Gasteiger partial charge in [0, 0.05) is 30.4 Å². The summed E-state index contributed by atoms with van der Waals surface area (Å²) in [6, 6.07) is 4.37. The van der Waals surface area contributed by atoms with Crippen LogP contribution < -0.4 is 15.4 Å². The van der Waals surface area contributed by atoms with E-state index in [-0.39, 0.29) is 22.6 Å². The van der Waals surface area contributed by atoms with Crippen LogP contribution in [-0.4, -0.2) is 69.7 Å². The maximum atomic E-state index is 12.9. The summed E-state index contributed by atoms with van der Waals surface area (Å²) in [5.41, 5.74) is 0.427. The molecule has 1 aromatic carbocycles. The van der Waals surface area contributed by atoms with Crippen molar-refractivity contribution in [3.05, 3.63) is 18.2 Å². The molecule has 0 radical (unpaired) electrons. The SMILES string of the molecule is COc1ccc(NC(=O)C2CSCN2)cc1S(=O)(=O)N1CCOCC1. The van der Waals surface area contributed by atoms with Crippen LogP contribution in [0.15, 0.2) is 23.1 Å². The Labute approximate surface area is 151 Å². The third-order valence-electron chi connectivity index (χ3n) is 4.05. The van der Waals surface area contributed by atoms with Crippen molar-refractivity contribution >= 4 is 33.4 Å². The summed E-state index contributed by atoms with van der Waals surface area (Å²) in [7, 11) is -2.30. The van der Waals surface area contributed by atoms with E-state index in [4.69, 9.17) is 9.47 Å². The largest absolute Gasteiger partial charge is 0.495 e. The molecule has 0 spiro atoms. The predicted molar refractivity (Wildman–Crippen MR) is 95.5 cm³/mol. The van der Waals surface area contributed by atoms with Crippen molar-refractivity contribution in [2.75, 3.05) is 50.4 Å². The van der Waals surface area contributed by atoms with E-state index in [2.05, 4.69) is 10.6 Å². The minimum atomic E-state index is -3.72. The number of nitrogens with zero attached hydrogens (tertiary/aromatic N) is 1. The second-order valence-electron chi connectivity index (χ2n) is 5.64. The van der Waals surface area contributed by atoms with Gasteiger partial charge >= 0.3 is 0 Å². The number of methoxy groups -OCH3 is 1. The van der Waals surface area contributed by atoms with Crippen LogP contribution in [0.25, 0.3) is 0 Å². The maximum Gasteiger partial charge on any atom is 0.246 e. The van der Waals surface area contributed by atoms with Gasteiger partial charge in [0.1, 0.15) is 10.6 Å². The lowest BCUT2D eigenvalue weighted by Crippen LogP contribution is -2.40. The average molecular weight is 387 g/mol. The molecule has 10 heteroatoms. The van der Waals surface area contributed by atoms with E-state index < -0.39 is 10.0 Å². The fourth-order valence-electron chi connectivity index (χ4n) is 2.68. The number of thioether (sulfide) groups is 1. The van der Waals surface area contributed by atoms with E-state index >= 15 is 0 Å². The fraction of sp³-hybridized carbons (Fsp3) is 0.533. The Morgan fingerprint density at radius 3 is 2.80 bits per heavy atom. The lowest BCUT2D eigenvalue weighted by Gasteiger charge is -2.27. The second-order valence-corrected chi connectivity index (χ2v) is 8.58. The second kappa shape index (κ2) is 7.92. The molecular formula is C15H21N3O5S2. The van der Waals surface area contributed by atoms with Gasteiger partial charge in [0.15, 0.2) is 0 Å². The Bertz CT molecular complexity index is 729.